The number of rotatable bonds is 7. The summed E-state index contributed by atoms with van der Waals surface area (Å²) in [4.78, 5) is 27.0. The number of amides is 1. The summed E-state index contributed by atoms with van der Waals surface area (Å²) in [7, 11) is 3.17. The number of carbonyl (C=O) groups excluding carboxylic acids is 1. The lowest BCUT2D eigenvalue weighted by Crippen LogP contribution is -2.50. The van der Waals surface area contributed by atoms with Crippen LogP contribution in [0.1, 0.15) is 22.8 Å². The largest absolute Gasteiger partial charge is 0.496 e. The lowest BCUT2D eigenvalue weighted by atomic mass is 10.1. The lowest BCUT2D eigenvalue weighted by molar-refractivity contribution is 0.0687. The lowest BCUT2D eigenvalue weighted by Gasteiger charge is -2.35. The van der Waals surface area contributed by atoms with Gasteiger partial charge in [0, 0.05) is 37.1 Å². The molecule has 35 heavy (non-hydrogen) atoms. The predicted molar refractivity (Wildman–Crippen MR) is 139 cm³/mol. The Balaban J connectivity index is 1.50. The summed E-state index contributed by atoms with van der Waals surface area (Å²) in [6, 6.07) is 9.32. The summed E-state index contributed by atoms with van der Waals surface area (Å²) in [5, 5.41) is 11.7. The third-order valence-corrected chi connectivity index (χ3v) is 7.81. The van der Waals surface area contributed by atoms with E-state index in [0.29, 0.717) is 55.0 Å². The number of aryl methyl sites for hydroxylation is 1. The topological polar surface area (TPSA) is 104 Å². The molecule has 0 saturated carbocycles. The molecule has 3 aromatic rings. The zero-order chi connectivity index (χ0) is 24.9. The van der Waals surface area contributed by atoms with E-state index in [9.17, 15) is 4.79 Å². The van der Waals surface area contributed by atoms with Crippen LogP contribution in [0.3, 0.4) is 0 Å². The molecule has 0 unspecified atom stereocenters. The van der Waals surface area contributed by atoms with Crippen molar-refractivity contribution in [3.63, 3.8) is 0 Å². The first-order valence-corrected chi connectivity index (χ1v) is 12.7. The average molecular weight is 513 g/mol. The minimum absolute atomic E-state index is 0.0539. The van der Waals surface area contributed by atoms with Crippen LogP contribution in [-0.2, 0) is 0 Å². The molecule has 1 aliphatic heterocycles. The van der Waals surface area contributed by atoms with Crippen molar-refractivity contribution in [2.45, 2.75) is 23.0 Å². The van der Waals surface area contributed by atoms with Crippen LogP contribution in [0.15, 0.2) is 45.6 Å². The summed E-state index contributed by atoms with van der Waals surface area (Å²) >= 11 is 3.07. The van der Waals surface area contributed by atoms with Gasteiger partial charge >= 0.3 is 0 Å². The van der Waals surface area contributed by atoms with Crippen molar-refractivity contribution in [2.24, 2.45) is 0 Å². The van der Waals surface area contributed by atoms with Crippen molar-refractivity contribution in [2.75, 3.05) is 45.7 Å². The number of hydrogen-bond acceptors (Lipinski definition) is 9. The molecular weight excluding hydrogens is 484 g/mol. The van der Waals surface area contributed by atoms with Crippen molar-refractivity contribution < 1.29 is 14.3 Å². The Kier molecular flexibility index (Phi) is 7.76. The molecule has 0 bridgehead atoms. The van der Waals surface area contributed by atoms with Gasteiger partial charge in [0.2, 0.25) is 5.88 Å². The molecule has 1 aliphatic rings. The zero-order valence-corrected chi connectivity index (χ0v) is 21.8. The van der Waals surface area contributed by atoms with Gasteiger partial charge in [-0.15, -0.1) is 0 Å². The Bertz CT molecular complexity index is 1220. The summed E-state index contributed by atoms with van der Waals surface area (Å²) in [5.41, 5.74) is 1.56. The van der Waals surface area contributed by atoms with Crippen LogP contribution >= 0.6 is 23.1 Å². The molecule has 0 atom stereocenters. The van der Waals surface area contributed by atoms with E-state index in [1.807, 2.05) is 47.2 Å². The Morgan fingerprint density at radius 3 is 2.57 bits per heavy atom. The first kappa shape index (κ1) is 24.8. The molecule has 11 heteroatoms. The first-order valence-electron chi connectivity index (χ1n) is 11.1. The van der Waals surface area contributed by atoms with Crippen LogP contribution in [-0.4, -0.2) is 71.9 Å². The number of piperazine rings is 1. The molecule has 0 radical (unpaired) electrons. The van der Waals surface area contributed by atoms with E-state index in [1.54, 1.807) is 39.0 Å². The summed E-state index contributed by atoms with van der Waals surface area (Å²) < 4.78 is 11.7. The number of aromatic nitrogens is 2. The van der Waals surface area contributed by atoms with Gasteiger partial charge in [0.15, 0.2) is 5.13 Å². The van der Waals surface area contributed by atoms with E-state index in [0.717, 1.165) is 19.8 Å². The van der Waals surface area contributed by atoms with E-state index >= 15 is 0 Å². The zero-order valence-electron chi connectivity index (χ0n) is 20.1. The molecule has 184 valence electrons. The molecule has 2 N–H and O–H groups in total. The molecule has 0 aliphatic carbocycles. The van der Waals surface area contributed by atoms with Crippen LogP contribution in [0.25, 0.3) is 0 Å². The highest BCUT2D eigenvalue weighted by atomic mass is 32.2. The van der Waals surface area contributed by atoms with Gasteiger partial charge in [-0.05, 0) is 37.6 Å². The molecule has 1 fully saturated rings. The number of anilines is 2. The maximum Gasteiger partial charge on any atom is 0.257 e. The summed E-state index contributed by atoms with van der Waals surface area (Å²) in [6.07, 6.45) is 1.81. The number of benzene rings is 1. The molecule has 0 spiro atoms. The molecule has 2 aromatic heterocycles. The van der Waals surface area contributed by atoms with E-state index in [1.165, 1.54) is 11.3 Å². The van der Waals surface area contributed by atoms with E-state index < -0.39 is 0 Å². The van der Waals surface area contributed by atoms with Gasteiger partial charge in [0.25, 0.3) is 5.91 Å². The number of ether oxygens (including phenoxy) is 2. The second-order valence-electron chi connectivity index (χ2n) is 7.96. The van der Waals surface area contributed by atoms with Crippen LogP contribution < -0.4 is 14.8 Å². The average Bonchev–Trinajstić information content (AvgIpc) is 3.31. The SMILES string of the molecule is COc1cccc(Nc2ncc(Sc3cc(C(=O)N4CCN(C(C)=N)CC4)c(OC)cc3C)s2)n1. The standard InChI is InChI=1S/C24H28N6O3S2/c1-15-12-18(32-3)17(23(31)30-10-8-29(9-11-30)16(2)25)13-19(15)34-22-14-26-24(35-22)28-20-6-5-7-21(27-20)33-4/h5-7,12-14,25H,8-11H2,1-4H3,(H,26,27,28). The first-order chi connectivity index (χ1) is 16.9. The number of carbonyl (C=O) groups is 1. The monoisotopic (exact) mass is 512 g/mol. The quantitative estimate of drug-likeness (QED) is 0.352. The van der Waals surface area contributed by atoms with Crippen molar-refractivity contribution in [3.8, 4) is 11.6 Å². The van der Waals surface area contributed by atoms with Gasteiger partial charge in [-0.2, -0.15) is 4.98 Å². The Morgan fingerprint density at radius 1 is 1.14 bits per heavy atom. The highest BCUT2D eigenvalue weighted by molar-refractivity contribution is 8.01. The van der Waals surface area contributed by atoms with E-state index in [-0.39, 0.29) is 5.91 Å². The predicted octanol–water partition coefficient (Wildman–Crippen LogP) is 4.51. The van der Waals surface area contributed by atoms with Gasteiger partial charge in [-0.1, -0.05) is 29.2 Å². The van der Waals surface area contributed by atoms with Crippen LogP contribution in [0, 0.1) is 12.3 Å². The minimum Gasteiger partial charge on any atom is -0.496 e. The van der Waals surface area contributed by atoms with E-state index in [2.05, 4.69) is 15.3 Å². The molecule has 3 heterocycles. The molecule has 9 nitrogen and oxygen atoms in total. The number of nitrogens with zero attached hydrogens (tertiary/aromatic N) is 4. The van der Waals surface area contributed by atoms with Crippen LogP contribution in [0.2, 0.25) is 0 Å². The molecule has 4 rings (SSSR count). The highest BCUT2D eigenvalue weighted by Gasteiger charge is 2.25. The second-order valence-corrected chi connectivity index (χ2v) is 10.3. The van der Waals surface area contributed by atoms with Gasteiger partial charge in [0.1, 0.15) is 11.6 Å². The Hall–Kier alpha value is -3.31. The van der Waals surface area contributed by atoms with Crippen molar-refractivity contribution in [3.05, 3.63) is 47.7 Å². The number of nitrogens with one attached hydrogen (secondary N) is 2. The Labute approximate surface area is 213 Å². The number of pyridine rings is 1. The second kappa shape index (κ2) is 11.0. The Morgan fingerprint density at radius 2 is 1.89 bits per heavy atom. The maximum atomic E-state index is 13.4. The van der Waals surface area contributed by atoms with Crippen molar-refractivity contribution in [1.29, 1.82) is 5.41 Å². The minimum atomic E-state index is -0.0539. The smallest absolute Gasteiger partial charge is 0.257 e. The summed E-state index contributed by atoms with van der Waals surface area (Å²) in [5.74, 6) is 2.23. The fourth-order valence-electron chi connectivity index (χ4n) is 3.70. The summed E-state index contributed by atoms with van der Waals surface area (Å²) in [6.45, 7) is 6.27. The fraction of sp³-hybridized carbons (Fsp3) is 0.333. The van der Waals surface area contributed by atoms with Gasteiger partial charge in [-0.25, -0.2) is 4.98 Å². The van der Waals surface area contributed by atoms with Gasteiger partial charge in [-0.3, -0.25) is 10.2 Å². The van der Waals surface area contributed by atoms with Crippen LogP contribution in [0.5, 0.6) is 11.6 Å². The fourth-order valence-corrected chi connectivity index (χ4v) is 5.65. The maximum absolute atomic E-state index is 13.4. The van der Waals surface area contributed by atoms with Gasteiger partial charge in [0.05, 0.1) is 36.0 Å². The molecule has 1 amide bonds. The van der Waals surface area contributed by atoms with E-state index in [4.69, 9.17) is 14.9 Å². The third kappa shape index (κ3) is 5.85. The normalized spacial score (nSPS) is 13.5. The molecule has 1 saturated heterocycles. The third-order valence-electron chi connectivity index (χ3n) is 5.63. The van der Waals surface area contributed by atoms with Crippen LogP contribution in [0.4, 0.5) is 10.9 Å². The molecular formula is C24H28N6O3S2. The number of methoxy groups -OCH3 is 2. The molecule has 1 aromatic carbocycles. The highest BCUT2D eigenvalue weighted by Crippen LogP contribution is 2.39. The van der Waals surface area contributed by atoms with Crippen molar-refractivity contribution >= 4 is 45.8 Å². The van der Waals surface area contributed by atoms with Gasteiger partial charge < -0.3 is 24.6 Å². The number of hydrogen-bond donors (Lipinski definition) is 2. The number of thiazole rings is 1. The van der Waals surface area contributed by atoms with Crippen molar-refractivity contribution in [1.82, 2.24) is 19.8 Å². The number of amidine groups is 1.